The van der Waals surface area contributed by atoms with Crippen molar-refractivity contribution in [3.05, 3.63) is 24.3 Å². The van der Waals surface area contributed by atoms with E-state index in [1.54, 1.807) is 0 Å². The van der Waals surface area contributed by atoms with Crippen LogP contribution in [0.15, 0.2) is 24.3 Å². The second-order valence-corrected chi connectivity index (χ2v) is 2.96. The summed E-state index contributed by atoms with van der Waals surface area (Å²) in [5.41, 5.74) is 0. The Morgan fingerprint density at radius 3 is 2.70 bits per heavy atom. The third-order valence-corrected chi connectivity index (χ3v) is 2.28. The average molecular weight is 136 g/mol. The van der Waals surface area contributed by atoms with E-state index in [0.717, 1.165) is 19.1 Å². The number of allylic oxidation sites excluding steroid dienone is 3. The number of hydrogen-bond acceptors (Lipinski definition) is 1. The highest BCUT2D eigenvalue weighted by atomic mass is 16.5. The predicted molar refractivity (Wildman–Crippen MR) is 40.7 cm³/mol. The topological polar surface area (TPSA) is 9.23 Å². The monoisotopic (exact) mass is 136 g/mol. The van der Waals surface area contributed by atoms with E-state index < -0.39 is 0 Å². The molecule has 0 amide bonds. The minimum Gasteiger partial charge on any atom is -0.381 e. The van der Waals surface area contributed by atoms with Crippen LogP contribution in [0.5, 0.6) is 0 Å². The van der Waals surface area contributed by atoms with E-state index in [4.69, 9.17) is 4.74 Å². The summed E-state index contributed by atoms with van der Waals surface area (Å²) in [7, 11) is 0. The van der Waals surface area contributed by atoms with Gasteiger partial charge < -0.3 is 4.74 Å². The van der Waals surface area contributed by atoms with Crippen LogP contribution in [0, 0.1) is 11.8 Å². The van der Waals surface area contributed by atoms with Crippen LogP contribution in [-0.2, 0) is 4.74 Å². The van der Waals surface area contributed by atoms with Crippen LogP contribution in [0.3, 0.4) is 0 Å². The standard InChI is InChI=1S/C9H12O/c1-2-4-9-7-10-6-5-8(9)3-1/h1-4,8-9H,5-7H2/t8-,9?/m1/s1. The molecule has 1 unspecified atom stereocenters. The lowest BCUT2D eigenvalue weighted by Crippen LogP contribution is -2.25. The Labute approximate surface area is 61.4 Å². The van der Waals surface area contributed by atoms with Crippen molar-refractivity contribution in [1.82, 2.24) is 0 Å². The molecule has 54 valence electrons. The van der Waals surface area contributed by atoms with E-state index in [2.05, 4.69) is 24.3 Å². The molecule has 0 saturated carbocycles. The number of hydrogen-bond donors (Lipinski definition) is 0. The molecular weight excluding hydrogens is 124 g/mol. The van der Waals surface area contributed by atoms with E-state index in [0.29, 0.717) is 5.92 Å². The highest BCUT2D eigenvalue weighted by molar-refractivity contribution is 5.14. The summed E-state index contributed by atoms with van der Waals surface area (Å²) in [6, 6.07) is 0. The van der Waals surface area contributed by atoms with Crippen LogP contribution in [0.2, 0.25) is 0 Å². The van der Waals surface area contributed by atoms with Crippen LogP contribution in [0.4, 0.5) is 0 Å². The molecule has 1 heterocycles. The summed E-state index contributed by atoms with van der Waals surface area (Å²) in [6.45, 7) is 1.87. The Morgan fingerprint density at radius 1 is 1.10 bits per heavy atom. The third-order valence-electron chi connectivity index (χ3n) is 2.28. The minimum atomic E-state index is 0.666. The molecule has 0 aromatic heterocycles. The van der Waals surface area contributed by atoms with Crippen molar-refractivity contribution in [2.45, 2.75) is 6.42 Å². The van der Waals surface area contributed by atoms with Gasteiger partial charge in [-0.2, -0.15) is 0 Å². The lowest BCUT2D eigenvalue weighted by molar-refractivity contribution is 0.0485. The van der Waals surface area contributed by atoms with Gasteiger partial charge in [-0.25, -0.2) is 0 Å². The average Bonchev–Trinajstić information content (AvgIpc) is 2.05. The maximum Gasteiger partial charge on any atom is 0.0534 e. The van der Waals surface area contributed by atoms with Gasteiger partial charge in [-0.05, 0) is 12.3 Å². The van der Waals surface area contributed by atoms with E-state index >= 15 is 0 Å². The Bertz CT molecular complexity index is 150. The molecule has 1 heteroatoms. The maximum absolute atomic E-state index is 5.35. The highest BCUT2D eigenvalue weighted by Crippen LogP contribution is 2.26. The summed E-state index contributed by atoms with van der Waals surface area (Å²) in [5, 5.41) is 0. The Balaban J connectivity index is 2.09. The fourth-order valence-electron chi connectivity index (χ4n) is 1.63. The molecule has 0 aromatic carbocycles. The number of ether oxygens (including phenoxy) is 1. The SMILES string of the molecule is C1=CC2COCC[C@H]2C=C1. The van der Waals surface area contributed by atoms with E-state index in [-0.39, 0.29) is 0 Å². The normalized spacial score (nSPS) is 37.6. The van der Waals surface area contributed by atoms with Gasteiger partial charge in [0.15, 0.2) is 0 Å². The lowest BCUT2D eigenvalue weighted by Gasteiger charge is -2.28. The van der Waals surface area contributed by atoms with Crippen LogP contribution in [-0.4, -0.2) is 13.2 Å². The van der Waals surface area contributed by atoms with E-state index in [9.17, 15) is 0 Å². The van der Waals surface area contributed by atoms with Gasteiger partial charge in [-0.3, -0.25) is 0 Å². The van der Waals surface area contributed by atoms with Crippen molar-refractivity contribution in [1.29, 1.82) is 0 Å². The van der Waals surface area contributed by atoms with E-state index in [1.165, 1.54) is 6.42 Å². The van der Waals surface area contributed by atoms with Crippen molar-refractivity contribution in [2.75, 3.05) is 13.2 Å². The Hall–Kier alpha value is -0.560. The van der Waals surface area contributed by atoms with E-state index in [1.807, 2.05) is 0 Å². The molecule has 1 nitrogen and oxygen atoms in total. The second-order valence-electron chi connectivity index (χ2n) is 2.96. The fraction of sp³-hybridized carbons (Fsp3) is 0.556. The first-order valence-electron chi connectivity index (χ1n) is 3.89. The Kier molecular flexibility index (Phi) is 1.60. The molecule has 0 N–H and O–H groups in total. The first-order chi connectivity index (χ1) is 4.97. The zero-order chi connectivity index (χ0) is 6.81. The summed E-state index contributed by atoms with van der Waals surface area (Å²) in [5.74, 6) is 1.43. The largest absolute Gasteiger partial charge is 0.381 e. The molecule has 0 radical (unpaired) electrons. The quantitative estimate of drug-likeness (QED) is 0.493. The molecule has 1 aliphatic carbocycles. The van der Waals surface area contributed by atoms with Crippen molar-refractivity contribution < 1.29 is 4.74 Å². The smallest absolute Gasteiger partial charge is 0.0534 e. The third kappa shape index (κ3) is 1.01. The lowest BCUT2D eigenvalue weighted by atomic mass is 9.85. The molecule has 0 aromatic rings. The molecule has 0 spiro atoms. The molecule has 0 bridgehead atoms. The van der Waals surface area contributed by atoms with Gasteiger partial charge in [-0.15, -0.1) is 0 Å². The first kappa shape index (κ1) is 6.17. The van der Waals surface area contributed by atoms with Crippen LogP contribution < -0.4 is 0 Å². The second kappa shape index (κ2) is 2.59. The van der Waals surface area contributed by atoms with Crippen molar-refractivity contribution in [2.24, 2.45) is 11.8 Å². The van der Waals surface area contributed by atoms with Crippen LogP contribution in [0.1, 0.15) is 6.42 Å². The van der Waals surface area contributed by atoms with Crippen LogP contribution in [0.25, 0.3) is 0 Å². The molecule has 2 atom stereocenters. The summed E-state index contributed by atoms with van der Waals surface area (Å²) in [6.07, 6.45) is 10.0. The van der Waals surface area contributed by atoms with Gasteiger partial charge in [-0.1, -0.05) is 24.3 Å². The number of rotatable bonds is 0. The van der Waals surface area contributed by atoms with Gasteiger partial charge in [0.1, 0.15) is 0 Å². The first-order valence-corrected chi connectivity index (χ1v) is 3.89. The predicted octanol–water partition coefficient (Wildman–Crippen LogP) is 1.77. The minimum absolute atomic E-state index is 0.666. The molecular formula is C9H12O. The van der Waals surface area contributed by atoms with Gasteiger partial charge >= 0.3 is 0 Å². The van der Waals surface area contributed by atoms with Gasteiger partial charge in [0.05, 0.1) is 6.61 Å². The van der Waals surface area contributed by atoms with Gasteiger partial charge in [0.2, 0.25) is 0 Å². The van der Waals surface area contributed by atoms with Crippen molar-refractivity contribution >= 4 is 0 Å². The Morgan fingerprint density at radius 2 is 1.90 bits per heavy atom. The fourth-order valence-corrected chi connectivity index (χ4v) is 1.63. The van der Waals surface area contributed by atoms with Crippen molar-refractivity contribution in [3.8, 4) is 0 Å². The summed E-state index contributed by atoms with van der Waals surface area (Å²) >= 11 is 0. The molecule has 1 aliphatic heterocycles. The maximum atomic E-state index is 5.35. The number of fused-ring (bicyclic) bond motifs is 1. The molecule has 1 saturated heterocycles. The van der Waals surface area contributed by atoms with Gasteiger partial charge in [0, 0.05) is 12.5 Å². The molecule has 1 fully saturated rings. The zero-order valence-electron chi connectivity index (χ0n) is 5.99. The van der Waals surface area contributed by atoms with Gasteiger partial charge in [0.25, 0.3) is 0 Å². The van der Waals surface area contributed by atoms with Crippen LogP contribution >= 0.6 is 0 Å². The highest BCUT2D eigenvalue weighted by Gasteiger charge is 2.21. The van der Waals surface area contributed by atoms with Crippen molar-refractivity contribution in [3.63, 3.8) is 0 Å². The molecule has 2 aliphatic rings. The summed E-state index contributed by atoms with van der Waals surface area (Å²) in [4.78, 5) is 0. The molecule has 10 heavy (non-hydrogen) atoms. The summed E-state index contributed by atoms with van der Waals surface area (Å²) < 4.78 is 5.35. The molecule has 2 rings (SSSR count). The zero-order valence-corrected chi connectivity index (χ0v) is 5.99.